The van der Waals surface area contributed by atoms with E-state index in [0.717, 1.165) is 33.7 Å². The maximum Gasteiger partial charge on any atom is 0.180 e. The zero-order valence-electron chi connectivity index (χ0n) is 22.2. The Hall–Kier alpha value is -3.28. The third-order valence-electron chi connectivity index (χ3n) is 4.81. The van der Waals surface area contributed by atoms with Crippen molar-refractivity contribution in [2.45, 2.75) is 66.3 Å². The van der Waals surface area contributed by atoms with Crippen LogP contribution in [0.1, 0.15) is 71.1 Å². The van der Waals surface area contributed by atoms with E-state index in [-0.39, 0.29) is 11.5 Å². The zero-order chi connectivity index (χ0) is 25.7. The molecule has 3 aromatic rings. The molecule has 3 rings (SSSR count). The number of pyridine rings is 2. The summed E-state index contributed by atoms with van der Waals surface area (Å²) in [5.74, 6) is 2.26. The molecule has 0 saturated heterocycles. The molecule has 6 heteroatoms. The number of ether oxygens (including phenoxy) is 2. The lowest BCUT2D eigenvalue weighted by Crippen LogP contribution is -2.26. The third-order valence-corrected chi connectivity index (χ3v) is 4.81. The summed E-state index contributed by atoms with van der Waals surface area (Å²) < 4.78 is 11.7. The van der Waals surface area contributed by atoms with Crippen LogP contribution in [0.4, 0.5) is 5.82 Å². The quantitative estimate of drug-likeness (QED) is 0.323. The number of methoxy groups -OCH3 is 2. The molecule has 0 saturated carbocycles. The van der Waals surface area contributed by atoms with Crippen LogP contribution in [0.3, 0.4) is 0 Å². The van der Waals surface area contributed by atoms with Crippen LogP contribution in [0.2, 0.25) is 0 Å². The topological polar surface area (TPSA) is 70.3 Å². The van der Waals surface area contributed by atoms with E-state index < -0.39 is 0 Å². The maximum atomic E-state index is 11.4. The van der Waals surface area contributed by atoms with E-state index in [0.29, 0.717) is 11.5 Å². The van der Waals surface area contributed by atoms with E-state index >= 15 is 0 Å². The largest absolute Gasteiger partial charge is 0.619 e. The molecular weight excluding hydrogens is 426 g/mol. The van der Waals surface area contributed by atoms with Crippen LogP contribution in [0.25, 0.3) is 0 Å². The highest BCUT2D eigenvalue weighted by Gasteiger charge is 2.19. The van der Waals surface area contributed by atoms with Gasteiger partial charge < -0.3 is 20.0 Å². The summed E-state index contributed by atoms with van der Waals surface area (Å²) in [6, 6.07) is 13.8. The predicted octanol–water partition coefficient (Wildman–Crippen LogP) is 6.37. The molecule has 0 fully saturated rings. The minimum Gasteiger partial charge on any atom is -0.619 e. The molecule has 6 nitrogen and oxygen atoms in total. The summed E-state index contributed by atoms with van der Waals surface area (Å²) in [6.45, 7) is 14.3. The predicted molar refractivity (Wildman–Crippen MR) is 141 cm³/mol. The van der Waals surface area contributed by atoms with Crippen molar-refractivity contribution in [1.29, 1.82) is 0 Å². The van der Waals surface area contributed by atoms with E-state index in [2.05, 4.69) is 37.1 Å². The normalized spacial score (nSPS) is 11.2. The Bertz CT molecular complexity index is 966. The molecule has 34 heavy (non-hydrogen) atoms. The van der Waals surface area contributed by atoms with Gasteiger partial charge in [0.05, 0.1) is 14.2 Å². The molecule has 0 aliphatic heterocycles. The van der Waals surface area contributed by atoms with Crippen LogP contribution >= 0.6 is 0 Å². The number of nitrogens with zero attached hydrogens (tertiary/aromatic N) is 2. The van der Waals surface area contributed by atoms with E-state index in [4.69, 9.17) is 9.47 Å². The number of aromatic nitrogens is 2. The van der Waals surface area contributed by atoms with Gasteiger partial charge in [0.15, 0.2) is 23.9 Å². The second-order valence-electron chi connectivity index (χ2n) is 8.29. The molecule has 186 valence electrons. The summed E-state index contributed by atoms with van der Waals surface area (Å²) in [4.78, 5) is 4.62. The van der Waals surface area contributed by atoms with Crippen LogP contribution in [0.15, 0.2) is 61.1 Å². The first kappa shape index (κ1) is 28.8. The van der Waals surface area contributed by atoms with Crippen molar-refractivity contribution in [2.75, 3.05) is 19.5 Å². The third kappa shape index (κ3) is 8.58. The van der Waals surface area contributed by atoms with Gasteiger partial charge in [0.2, 0.25) is 0 Å². The molecule has 0 aliphatic carbocycles. The van der Waals surface area contributed by atoms with E-state index in [9.17, 15) is 5.21 Å². The number of benzene rings is 1. The van der Waals surface area contributed by atoms with Gasteiger partial charge in [-0.15, -0.1) is 0 Å². The van der Waals surface area contributed by atoms with Crippen LogP contribution in [0, 0.1) is 5.21 Å². The number of hydrogen-bond acceptors (Lipinski definition) is 5. The summed E-state index contributed by atoms with van der Waals surface area (Å²) >= 11 is 0. The average molecular weight is 468 g/mol. The van der Waals surface area contributed by atoms with E-state index in [1.165, 1.54) is 12.4 Å². The highest BCUT2D eigenvalue weighted by Crippen LogP contribution is 2.35. The zero-order valence-corrected chi connectivity index (χ0v) is 22.2. The molecule has 0 amide bonds. The van der Waals surface area contributed by atoms with Crippen molar-refractivity contribution in [3.05, 3.63) is 83.0 Å². The maximum absolute atomic E-state index is 11.4. The van der Waals surface area contributed by atoms with Crippen molar-refractivity contribution < 1.29 is 14.2 Å². The first-order valence-electron chi connectivity index (χ1n) is 11.9. The van der Waals surface area contributed by atoms with Crippen molar-refractivity contribution in [2.24, 2.45) is 0 Å². The molecule has 0 bridgehead atoms. The van der Waals surface area contributed by atoms with Crippen molar-refractivity contribution in [3.8, 4) is 11.5 Å². The average Bonchev–Trinajstić information content (AvgIpc) is 2.85. The highest BCUT2D eigenvalue weighted by atomic mass is 16.5. The Balaban J connectivity index is 0.00000137. The molecule has 0 spiro atoms. The first-order chi connectivity index (χ1) is 16.3. The number of nitrogens with one attached hydrogen (secondary N) is 1. The molecular formula is C28H41N3O3. The minimum absolute atomic E-state index is 0.0449. The lowest BCUT2D eigenvalue weighted by Gasteiger charge is -2.23. The molecule has 0 aliphatic rings. The van der Waals surface area contributed by atoms with E-state index in [1.54, 1.807) is 14.2 Å². The van der Waals surface area contributed by atoms with Crippen molar-refractivity contribution in [3.63, 3.8) is 0 Å². The van der Waals surface area contributed by atoms with Crippen molar-refractivity contribution >= 4 is 5.82 Å². The fraction of sp³-hybridized carbons (Fsp3) is 0.429. The monoisotopic (exact) mass is 467 g/mol. The lowest BCUT2D eigenvalue weighted by molar-refractivity contribution is -0.605. The summed E-state index contributed by atoms with van der Waals surface area (Å²) in [7, 11) is 3.26. The van der Waals surface area contributed by atoms with Gasteiger partial charge in [0.25, 0.3) is 0 Å². The SMILES string of the molecule is CC.CC.COc1ccc(C(Cc2cc[n+]([O-])cc2)c2ccc(NC(C)(C)C)nc2)cc1OC. The van der Waals surface area contributed by atoms with Crippen LogP contribution < -0.4 is 19.5 Å². The molecule has 1 N–H and O–H groups in total. The standard InChI is InChI=1S/C24H29N3O3.2C2H6/c1-24(2,3)26-23-9-7-19(16-25-23)20(14-17-10-12-27(28)13-11-17)18-6-8-21(29-4)22(15-18)30-5;2*1-2/h6-13,15-16,20H,14H2,1-5H3,(H,25,26);2*1-2H3. The summed E-state index contributed by atoms with van der Waals surface area (Å²) in [5.41, 5.74) is 3.18. The van der Waals surface area contributed by atoms with Gasteiger partial charge in [-0.25, -0.2) is 4.98 Å². The highest BCUT2D eigenvalue weighted by molar-refractivity contribution is 5.47. The molecule has 2 heterocycles. The van der Waals surface area contributed by atoms with Gasteiger partial charge in [-0.05, 0) is 62.1 Å². The molecule has 2 aromatic heterocycles. The number of rotatable bonds is 7. The summed E-state index contributed by atoms with van der Waals surface area (Å²) in [5, 5.41) is 14.8. The van der Waals surface area contributed by atoms with Crippen molar-refractivity contribution in [1.82, 2.24) is 4.98 Å². The van der Waals surface area contributed by atoms with Crippen LogP contribution in [-0.2, 0) is 6.42 Å². The fourth-order valence-electron chi connectivity index (χ4n) is 3.38. The fourth-order valence-corrected chi connectivity index (χ4v) is 3.38. The van der Waals surface area contributed by atoms with Gasteiger partial charge in [0.1, 0.15) is 5.82 Å². The molecule has 1 unspecified atom stereocenters. The minimum atomic E-state index is -0.0605. The smallest absolute Gasteiger partial charge is 0.180 e. The second kappa shape index (κ2) is 14.1. The number of anilines is 1. The molecule has 1 aromatic carbocycles. The van der Waals surface area contributed by atoms with Crippen LogP contribution in [0.5, 0.6) is 11.5 Å². The first-order valence-corrected chi connectivity index (χ1v) is 11.9. The van der Waals surface area contributed by atoms with Gasteiger partial charge >= 0.3 is 0 Å². The van der Waals surface area contributed by atoms with Gasteiger partial charge in [-0.3, -0.25) is 0 Å². The molecule has 1 atom stereocenters. The van der Waals surface area contributed by atoms with E-state index in [1.807, 2.05) is 70.3 Å². The summed E-state index contributed by atoms with van der Waals surface area (Å²) in [6.07, 6.45) is 5.68. The Labute approximate surface area is 205 Å². The van der Waals surface area contributed by atoms with Gasteiger partial charge in [-0.1, -0.05) is 39.8 Å². The second-order valence-corrected chi connectivity index (χ2v) is 8.29. The lowest BCUT2D eigenvalue weighted by atomic mass is 9.86. The Morgan fingerprint density at radius 2 is 1.47 bits per heavy atom. The molecule has 0 radical (unpaired) electrons. The Kier molecular flexibility index (Phi) is 11.9. The van der Waals surface area contributed by atoms with Gasteiger partial charge in [-0.2, -0.15) is 4.73 Å². The number of hydrogen-bond donors (Lipinski definition) is 1. The van der Waals surface area contributed by atoms with Gasteiger partial charge in [0, 0.05) is 29.8 Å². The van der Waals surface area contributed by atoms with Crippen LogP contribution in [-0.4, -0.2) is 24.7 Å². The Morgan fingerprint density at radius 1 is 0.882 bits per heavy atom. The Morgan fingerprint density at radius 3 is 1.97 bits per heavy atom.